The molecule has 4 rings (SSSR count). The van der Waals surface area contributed by atoms with Crippen LogP contribution in [0.25, 0.3) is 5.69 Å². The largest absolute Gasteiger partial charge is 0.383 e. The summed E-state index contributed by atoms with van der Waals surface area (Å²) in [6.45, 7) is 9.75. The van der Waals surface area contributed by atoms with Gasteiger partial charge in [0, 0.05) is 50.2 Å². The molecule has 3 N–H and O–H groups in total. The number of anilines is 1. The van der Waals surface area contributed by atoms with Crippen LogP contribution in [0, 0.1) is 0 Å². The Balaban J connectivity index is 1.53. The van der Waals surface area contributed by atoms with Crippen LogP contribution in [0.5, 0.6) is 0 Å². The lowest BCUT2D eigenvalue weighted by Gasteiger charge is -2.25. The number of hydrogen-bond donors (Lipinski definition) is 3. The number of hydrogen-bond acceptors (Lipinski definition) is 6. The van der Waals surface area contributed by atoms with Crippen molar-refractivity contribution < 1.29 is 9.84 Å². The Morgan fingerprint density at radius 2 is 1.74 bits per heavy atom. The SMILES string of the molecule is COCCN1CC(NC(O)Nc2cc(C(C)(C)C)nn2-c2ccccc2)C(c2ccccc2)C1. The Hall–Kier alpha value is -2.71. The highest BCUT2D eigenvalue weighted by Crippen LogP contribution is 2.29. The highest BCUT2D eigenvalue weighted by Gasteiger charge is 2.34. The first kappa shape index (κ1) is 24.4. The molecule has 7 heteroatoms. The summed E-state index contributed by atoms with van der Waals surface area (Å²) in [5.74, 6) is 1.03. The molecule has 0 aliphatic carbocycles. The summed E-state index contributed by atoms with van der Waals surface area (Å²) in [7, 11) is 1.73. The molecule has 1 saturated heterocycles. The molecule has 1 aromatic heterocycles. The number of nitrogens with zero attached hydrogens (tertiary/aromatic N) is 3. The second-order valence-corrected chi connectivity index (χ2v) is 10.0. The Morgan fingerprint density at radius 3 is 2.38 bits per heavy atom. The van der Waals surface area contributed by atoms with E-state index in [1.807, 2.05) is 47.1 Å². The van der Waals surface area contributed by atoms with Crippen LogP contribution < -0.4 is 10.6 Å². The molecule has 1 aliphatic heterocycles. The Morgan fingerprint density at radius 1 is 1.06 bits per heavy atom. The normalized spacial score (nSPS) is 19.9. The Bertz CT molecular complexity index is 1030. The van der Waals surface area contributed by atoms with Gasteiger partial charge in [-0.1, -0.05) is 69.3 Å². The van der Waals surface area contributed by atoms with Gasteiger partial charge in [0.1, 0.15) is 5.82 Å². The van der Waals surface area contributed by atoms with Crippen LogP contribution in [0.2, 0.25) is 0 Å². The summed E-state index contributed by atoms with van der Waals surface area (Å²) < 4.78 is 7.15. The lowest BCUT2D eigenvalue weighted by atomic mass is 9.92. The van der Waals surface area contributed by atoms with Crippen LogP contribution in [-0.4, -0.2) is 65.5 Å². The molecule has 3 unspecified atom stereocenters. The van der Waals surface area contributed by atoms with Crippen LogP contribution in [0.15, 0.2) is 66.7 Å². The molecule has 2 aromatic carbocycles. The second-order valence-electron chi connectivity index (χ2n) is 10.0. The highest BCUT2D eigenvalue weighted by atomic mass is 16.5. The fourth-order valence-electron chi connectivity index (χ4n) is 4.50. The molecule has 1 fully saturated rings. The van der Waals surface area contributed by atoms with Gasteiger partial charge in [0.25, 0.3) is 0 Å². The van der Waals surface area contributed by atoms with Crippen molar-refractivity contribution in [2.24, 2.45) is 0 Å². The van der Waals surface area contributed by atoms with Gasteiger partial charge in [-0.15, -0.1) is 0 Å². The molecule has 0 radical (unpaired) electrons. The van der Waals surface area contributed by atoms with Crippen molar-refractivity contribution in [3.63, 3.8) is 0 Å². The van der Waals surface area contributed by atoms with Gasteiger partial charge in [0.2, 0.25) is 0 Å². The number of ether oxygens (including phenoxy) is 1. The smallest absolute Gasteiger partial charge is 0.182 e. The third-order valence-corrected chi connectivity index (χ3v) is 6.37. The summed E-state index contributed by atoms with van der Waals surface area (Å²) in [5.41, 5.74) is 3.07. The van der Waals surface area contributed by atoms with Crippen molar-refractivity contribution in [3.05, 3.63) is 78.0 Å². The first-order valence-corrected chi connectivity index (χ1v) is 12.0. The van der Waals surface area contributed by atoms with Crippen molar-refractivity contribution in [1.82, 2.24) is 20.0 Å². The number of aromatic nitrogens is 2. The highest BCUT2D eigenvalue weighted by molar-refractivity contribution is 5.47. The lowest BCUT2D eigenvalue weighted by Crippen LogP contribution is -2.46. The standard InChI is InChI=1S/C27H37N5O2/c1-27(2,3)24-17-25(32(30-24)21-13-9-6-10-14-21)29-26(33)28-23-19-31(15-16-34-4)18-22(23)20-11-7-5-8-12-20/h5-14,17,22-23,26,28-29,33H,15-16,18-19H2,1-4H3. The van der Waals surface area contributed by atoms with E-state index >= 15 is 0 Å². The lowest BCUT2D eigenvalue weighted by molar-refractivity contribution is 0.140. The summed E-state index contributed by atoms with van der Waals surface area (Å²) in [6, 6.07) is 22.6. The Labute approximate surface area is 202 Å². The van der Waals surface area contributed by atoms with Gasteiger partial charge in [-0.05, 0) is 17.7 Å². The third kappa shape index (κ3) is 5.85. The average Bonchev–Trinajstić information content (AvgIpc) is 3.43. The van der Waals surface area contributed by atoms with Gasteiger partial charge < -0.3 is 15.2 Å². The van der Waals surface area contributed by atoms with Crippen molar-refractivity contribution in [1.29, 1.82) is 0 Å². The molecule has 3 aromatic rings. The topological polar surface area (TPSA) is 74.6 Å². The number of likely N-dealkylation sites (tertiary alicyclic amines) is 1. The van der Waals surface area contributed by atoms with E-state index < -0.39 is 6.35 Å². The number of para-hydroxylation sites is 1. The zero-order chi connectivity index (χ0) is 24.1. The average molecular weight is 464 g/mol. The molecule has 2 heterocycles. The van der Waals surface area contributed by atoms with Crippen molar-refractivity contribution in [2.45, 2.75) is 44.5 Å². The zero-order valence-electron chi connectivity index (χ0n) is 20.6. The molecule has 3 atom stereocenters. The summed E-state index contributed by atoms with van der Waals surface area (Å²) >= 11 is 0. The first-order chi connectivity index (χ1) is 16.3. The number of aliphatic hydroxyl groups excluding tert-OH is 1. The van der Waals surface area contributed by atoms with E-state index in [1.54, 1.807) is 7.11 Å². The monoisotopic (exact) mass is 463 g/mol. The van der Waals surface area contributed by atoms with Gasteiger partial charge in [-0.2, -0.15) is 5.10 Å². The molecule has 34 heavy (non-hydrogen) atoms. The van der Waals surface area contributed by atoms with E-state index in [-0.39, 0.29) is 17.4 Å². The molecular weight excluding hydrogens is 426 g/mol. The number of nitrogens with one attached hydrogen (secondary N) is 2. The number of benzene rings is 2. The summed E-state index contributed by atoms with van der Waals surface area (Å²) in [4.78, 5) is 2.39. The van der Waals surface area contributed by atoms with Gasteiger partial charge in [0.15, 0.2) is 6.35 Å². The van der Waals surface area contributed by atoms with Gasteiger partial charge >= 0.3 is 0 Å². The number of rotatable bonds is 9. The van der Waals surface area contributed by atoms with E-state index in [2.05, 4.69) is 60.6 Å². The molecule has 0 amide bonds. The minimum Gasteiger partial charge on any atom is -0.383 e. The van der Waals surface area contributed by atoms with E-state index in [0.29, 0.717) is 6.61 Å². The molecule has 182 valence electrons. The van der Waals surface area contributed by atoms with Crippen LogP contribution in [0.1, 0.15) is 37.9 Å². The van der Waals surface area contributed by atoms with Crippen molar-refractivity contribution >= 4 is 5.82 Å². The third-order valence-electron chi connectivity index (χ3n) is 6.37. The minimum atomic E-state index is -0.925. The predicted molar refractivity (Wildman–Crippen MR) is 136 cm³/mol. The summed E-state index contributed by atoms with van der Waals surface area (Å²) in [5, 5.41) is 22.6. The van der Waals surface area contributed by atoms with Gasteiger partial charge in [-0.25, -0.2) is 4.68 Å². The van der Waals surface area contributed by atoms with Crippen molar-refractivity contribution in [2.75, 3.05) is 38.7 Å². The maximum atomic E-state index is 11.1. The molecule has 0 saturated carbocycles. The maximum absolute atomic E-state index is 11.1. The molecule has 0 spiro atoms. The predicted octanol–water partition coefficient (Wildman–Crippen LogP) is 3.56. The minimum absolute atomic E-state index is 0.0944. The summed E-state index contributed by atoms with van der Waals surface area (Å²) in [6.07, 6.45) is -0.925. The van der Waals surface area contributed by atoms with Crippen LogP contribution >= 0.6 is 0 Å². The van der Waals surface area contributed by atoms with Crippen LogP contribution in [-0.2, 0) is 10.2 Å². The quantitative estimate of drug-likeness (QED) is 0.422. The molecule has 0 bridgehead atoms. The number of methoxy groups -OCH3 is 1. The zero-order valence-corrected chi connectivity index (χ0v) is 20.6. The van der Waals surface area contributed by atoms with Crippen molar-refractivity contribution in [3.8, 4) is 5.69 Å². The van der Waals surface area contributed by atoms with Gasteiger partial charge in [-0.3, -0.25) is 10.2 Å². The van der Waals surface area contributed by atoms with Crippen LogP contribution in [0.4, 0.5) is 5.82 Å². The Kier molecular flexibility index (Phi) is 7.68. The molecule has 7 nitrogen and oxygen atoms in total. The fourth-order valence-corrected chi connectivity index (χ4v) is 4.50. The maximum Gasteiger partial charge on any atom is 0.182 e. The first-order valence-electron chi connectivity index (χ1n) is 12.0. The van der Waals surface area contributed by atoms with Gasteiger partial charge in [0.05, 0.1) is 18.0 Å². The van der Waals surface area contributed by atoms with E-state index in [1.165, 1.54) is 5.56 Å². The fraction of sp³-hybridized carbons (Fsp3) is 0.444. The number of aliphatic hydroxyl groups is 1. The second kappa shape index (κ2) is 10.7. The van der Waals surface area contributed by atoms with Crippen LogP contribution in [0.3, 0.4) is 0 Å². The van der Waals surface area contributed by atoms with E-state index in [0.717, 1.165) is 36.8 Å². The molecular formula is C27H37N5O2. The molecule has 1 aliphatic rings. The van der Waals surface area contributed by atoms with E-state index in [9.17, 15) is 5.11 Å². The van der Waals surface area contributed by atoms with E-state index in [4.69, 9.17) is 9.84 Å².